The van der Waals surface area contributed by atoms with Crippen molar-refractivity contribution in [1.29, 1.82) is 0 Å². The summed E-state index contributed by atoms with van der Waals surface area (Å²) in [6, 6.07) is 19.0. The van der Waals surface area contributed by atoms with Gasteiger partial charge in [-0.1, -0.05) is 30.3 Å². The largest absolute Gasteiger partial charge is 0.372 e. The zero-order chi connectivity index (χ0) is 16.8. The molecule has 0 bridgehead atoms. The molecule has 1 atom stereocenters. The van der Waals surface area contributed by atoms with E-state index in [1.807, 2.05) is 30.3 Å². The SMILES string of the molecule is CC(NC(=S)Nc1ccccc1)c1ccc(N2CCCCC2)cc1. The van der Waals surface area contributed by atoms with Crippen LogP contribution in [-0.2, 0) is 0 Å². The molecule has 3 rings (SSSR count). The summed E-state index contributed by atoms with van der Waals surface area (Å²) in [7, 11) is 0. The molecular weight excluding hydrogens is 314 g/mol. The van der Waals surface area contributed by atoms with Gasteiger partial charge in [0.15, 0.2) is 5.11 Å². The first-order valence-corrected chi connectivity index (χ1v) is 9.11. The van der Waals surface area contributed by atoms with Crippen LogP contribution in [0.3, 0.4) is 0 Å². The predicted molar refractivity (Wildman–Crippen MR) is 107 cm³/mol. The molecule has 0 amide bonds. The maximum atomic E-state index is 5.41. The molecule has 126 valence electrons. The number of hydrogen-bond acceptors (Lipinski definition) is 2. The van der Waals surface area contributed by atoms with Crippen LogP contribution in [-0.4, -0.2) is 18.2 Å². The van der Waals surface area contributed by atoms with Gasteiger partial charge in [-0.05, 0) is 68.2 Å². The van der Waals surface area contributed by atoms with E-state index in [9.17, 15) is 0 Å². The third-order valence-corrected chi connectivity index (χ3v) is 4.71. The van der Waals surface area contributed by atoms with Gasteiger partial charge in [0, 0.05) is 24.5 Å². The molecule has 1 unspecified atom stereocenters. The third-order valence-electron chi connectivity index (χ3n) is 4.49. The van der Waals surface area contributed by atoms with Gasteiger partial charge in [-0.25, -0.2) is 0 Å². The summed E-state index contributed by atoms with van der Waals surface area (Å²) in [6.45, 7) is 4.49. The fourth-order valence-electron chi connectivity index (χ4n) is 3.09. The lowest BCUT2D eigenvalue weighted by molar-refractivity contribution is 0.577. The number of nitrogens with one attached hydrogen (secondary N) is 2. The Balaban J connectivity index is 1.56. The van der Waals surface area contributed by atoms with Crippen molar-refractivity contribution in [2.24, 2.45) is 0 Å². The summed E-state index contributed by atoms with van der Waals surface area (Å²) in [4.78, 5) is 2.48. The van der Waals surface area contributed by atoms with Crippen molar-refractivity contribution in [2.45, 2.75) is 32.2 Å². The highest BCUT2D eigenvalue weighted by Crippen LogP contribution is 2.22. The highest BCUT2D eigenvalue weighted by molar-refractivity contribution is 7.80. The van der Waals surface area contributed by atoms with E-state index in [-0.39, 0.29) is 6.04 Å². The molecule has 1 aliphatic heterocycles. The van der Waals surface area contributed by atoms with Crippen molar-refractivity contribution in [3.8, 4) is 0 Å². The molecule has 0 radical (unpaired) electrons. The zero-order valence-electron chi connectivity index (χ0n) is 14.2. The molecular formula is C20H25N3S. The van der Waals surface area contributed by atoms with E-state index in [1.54, 1.807) is 0 Å². The van der Waals surface area contributed by atoms with Crippen molar-refractivity contribution in [3.05, 3.63) is 60.2 Å². The molecule has 0 saturated carbocycles. The maximum absolute atomic E-state index is 5.41. The van der Waals surface area contributed by atoms with Gasteiger partial charge >= 0.3 is 0 Å². The Morgan fingerprint density at radius 2 is 1.62 bits per heavy atom. The van der Waals surface area contributed by atoms with Crippen LogP contribution >= 0.6 is 12.2 Å². The molecule has 4 heteroatoms. The standard InChI is InChI=1S/C20H25N3S/c1-16(21-20(24)22-18-8-4-2-5-9-18)17-10-12-19(13-11-17)23-14-6-3-7-15-23/h2,4-5,8-13,16H,3,6-7,14-15H2,1H3,(H2,21,22,24). The Kier molecular flexibility index (Phi) is 5.70. The van der Waals surface area contributed by atoms with Crippen molar-refractivity contribution >= 4 is 28.7 Å². The third kappa shape index (κ3) is 4.48. The molecule has 0 aromatic heterocycles. The van der Waals surface area contributed by atoms with Gasteiger partial charge in [-0.15, -0.1) is 0 Å². The molecule has 0 aliphatic carbocycles. The zero-order valence-corrected chi connectivity index (χ0v) is 15.0. The molecule has 1 fully saturated rings. The van der Waals surface area contributed by atoms with Crippen molar-refractivity contribution in [1.82, 2.24) is 5.32 Å². The van der Waals surface area contributed by atoms with Crippen LogP contribution in [0.15, 0.2) is 54.6 Å². The Hall–Kier alpha value is -2.07. The van der Waals surface area contributed by atoms with Crippen LogP contribution < -0.4 is 15.5 Å². The minimum Gasteiger partial charge on any atom is -0.372 e. The lowest BCUT2D eigenvalue weighted by Crippen LogP contribution is -2.31. The van der Waals surface area contributed by atoms with Gasteiger partial charge in [0.2, 0.25) is 0 Å². The normalized spacial score (nSPS) is 15.6. The van der Waals surface area contributed by atoms with E-state index in [1.165, 1.54) is 43.6 Å². The topological polar surface area (TPSA) is 27.3 Å². The average Bonchev–Trinajstić information content (AvgIpc) is 2.63. The van der Waals surface area contributed by atoms with Gasteiger partial charge in [-0.3, -0.25) is 0 Å². The number of anilines is 2. The van der Waals surface area contributed by atoms with E-state index in [2.05, 4.69) is 46.7 Å². The molecule has 1 aliphatic rings. The van der Waals surface area contributed by atoms with Gasteiger partial charge in [0.05, 0.1) is 6.04 Å². The van der Waals surface area contributed by atoms with E-state index >= 15 is 0 Å². The summed E-state index contributed by atoms with van der Waals surface area (Å²) < 4.78 is 0. The van der Waals surface area contributed by atoms with Gasteiger partial charge < -0.3 is 15.5 Å². The van der Waals surface area contributed by atoms with E-state index in [0.717, 1.165) is 5.69 Å². The molecule has 24 heavy (non-hydrogen) atoms. The Morgan fingerprint density at radius 1 is 0.958 bits per heavy atom. The quantitative estimate of drug-likeness (QED) is 0.788. The summed E-state index contributed by atoms with van der Waals surface area (Å²) in [5, 5.41) is 7.22. The van der Waals surface area contributed by atoms with E-state index in [0.29, 0.717) is 5.11 Å². The molecule has 2 aromatic carbocycles. The second kappa shape index (κ2) is 8.15. The molecule has 2 N–H and O–H groups in total. The second-order valence-corrected chi connectivity index (χ2v) is 6.73. The van der Waals surface area contributed by atoms with Crippen LogP contribution in [0.1, 0.15) is 37.8 Å². The van der Waals surface area contributed by atoms with Crippen molar-refractivity contribution < 1.29 is 0 Å². The van der Waals surface area contributed by atoms with Gasteiger partial charge in [-0.2, -0.15) is 0 Å². The number of piperidine rings is 1. The minimum absolute atomic E-state index is 0.170. The fraction of sp³-hybridized carbons (Fsp3) is 0.350. The first kappa shape index (κ1) is 16.8. The molecule has 2 aromatic rings. The summed E-state index contributed by atoms with van der Waals surface area (Å²) in [5.41, 5.74) is 3.58. The number of rotatable bonds is 4. The van der Waals surface area contributed by atoms with E-state index in [4.69, 9.17) is 12.2 Å². The molecule has 1 saturated heterocycles. The fourth-order valence-corrected chi connectivity index (χ4v) is 3.39. The molecule has 0 spiro atoms. The van der Waals surface area contributed by atoms with Crippen LogP contribution in [0, 0.1) is 0 Å². The van der Waals surface area contributed by atoms with Crippen LogP contribution in [0.5, 0.6) is 0 Å². The van der Waals surface area contributed by atoms with Crippen LogP contribution in [0.4, 0.5) is 11.4 Å². The lowest BCUT2D eigenvalue weighted by Gasteiger charge is -2.29. The second-order valence-electron chi connectivity index (χ2n) is 6.33. The van der Waals surface area contributed by atoms with Crippen molar-refractivity contribution in [3.63, 3.8) is 0 Å². The molecule has 3 nitrogen and oxygen atoms in total. The minimum atomic E-state index is 0.170. The highest BCUT2D eigenvalue weighted by Gasteiger charge is 2.12. The van der Waals surface area contributed by atoms with Gasteiger partial charge in [0.25, 0.3) is 0 Å². The average molecular weight is 340 g/mol. The molecule has 1 heterocycles. The summed E-state index contributed by atoms with van der Waals surface area (Å²) in [5.74, 6) is 0. The highest BCUT2D eigenvalue weighted by atomic mass is 32.1. The Morgan fingerprint density at radius 3 is 2.29 bits per heavy atom. The Labute approximate surface area is 150 Å². The number of nitrogens with zero attached hydrogens (tertiary/aromatic N) is 1. The van der Waals surface area contributed by atoms with Crippen LogP contribution in [0.2, 0.25) is 0 Å². The van der Waals surface area contributed by atoms with E-state index < -0.39 is 0 Å². The van der Waals surface area contributed by atoms with Crippen molar-refractivity contribution in [2.75, 3.05) is 23.3 Å². The smallest absolute Gasteiger partial charge is 0.171 e. The first-order chi connectivity index (χ1) is 11.7. The maximum Gasteiger partial charge on any atom is 0.171 e. The number of thiocarbonyl (C=S) groups is 1. The van der Waals surface area contributed by atoms with Crippen LogP contribution in [0.25, 0.3) is 0 Å². The Bertz CT molecular complexity index is 648. The lowest BCUT2D eigenvalue weighted by atomic mass is 10.1. The monoisotopic (exact) mass is 339 g/mol. The predicted octanol–water partition coefficient (Wildman–Crippen LogP) is 4.72. The number of hydrogen-bond donors (Lipinski definition) is 2. The summed E-state index contributed by atoms with van der Waals surface area (Å²) in [6.07, 6.45) is 3.97. The number of benzene rings is 2. The van der Waals surface area contributed by atoms with Gasteiger partial charge in [0.1, 0.15) is 0 Å². The summed E-state index contributed by atoms with van der Waals surface area (Å²) >= 11 is 5.41. The number of para-hydroxylation sites is 1. The first-order valence-electron chi connectivity index (χ1n) is 8.70.